The minimum absolute atomic E-state index is 0.658. The molecule has 0 radical (unpaired) electrons. The zero-order chi connectivity index (χ0) is 15.0. The van der Waals surface area contributed by atoms with Crippen molar-refractivity contribution in [3.05, 3.63) is 41.3 Å². The van der Waals surface area contributed by atoms with Gasteiger partial charge in [-0.05, 0) is 41.6 Å². The van der Waals surface area contributed by atoms with Crippen LogP contribution in [0.1, 0.15) is 5.56 Å². The Morgan fingerprint density at radius 3 is 2.76 bits per heavy atom. The minimum atomic E-state index is 0.658. The van der Waals surface area contributed by atoms with Crippen molar-refractivity contribution in [2.75, 3.05) is 12.8 Å². The molecule has 0 aliphatic rings. The first kappa shape index (κ1) is 13.7. The Hall–Kier alpha value is -2.27. The third kappa shape index (κ3) is 2.29. The van der Waals surface area contributed by atoms with E-state index in [4.69, 9.17) is 10.5 Å². The number of aryl methyl sites for hydroxylation is 2. The van der Waals surface area contributed by atoms with Crippen molar-refractivity contribution in [2.45, 2.75) is 6.92 Å². The van der Waals surface area contributed by atoms with E-state index >= 15 is 0 Å². The molecule has 5 heteroatoms. The van der Waals surface area contributed by atoms with E-state index in [-0.39, 0.29) is 0 Å². The second kappa shape index (κ2) is 5.26. The Balaban J connectivity index is 2.24. The molecule has 0 bridgehead atoms. The highest BCUT2D eigenvalue weighted by Gasteiger charge is 2.19. The molecule has 0 unspecified atom stereocenters. The molecule has 3 aromatic rings. The van der Waals surface area contributed by atoms with Gasteiger partial charge in [-0.1, -0.05) is 12.1 Å². The van der Waals surface area contributed by atoms with Gasteiger partial charge < -0.3 is 10.5 Å². The first-order valence-electron chi connectivity index (χ1n) is 6.63. The molecule has 2 heterocycles. The Bertz CT molecular complexity index is 789. The quantitative estimate of drug-likeness (QED) is 0.802. The maximum Gasteiger partial charge on any atom is 0.129 e. The van der Waals surface area contributed by atoms with Crippen molar-refractivity contribution in [1.82, 2.24) is 9.78 Å². The number of benzene rings is 1. The Labute approximate surface area is 127 Å². The molecule has 21 heavy (non-hydrogen) atoms. The summed E-state index contributed by atoms with van der Waals surface area (Å²) in [7, 11) is 3.53. The highest BCUT2D eigenvalue weighted by Crippen LogP contribution is 2.40. The van der Waals surface area contributed by atoms with Crippen LogP contribution in [0.5, 0.6) is 5.75 Å². The molecular weight excluding hydrogens is 282 g/mol. The van der Waals surface area contributed by atoms with Gasteiger partial charge in [-0.15, -0.1) is 11.3 Å². The van der Waals surface area contributed by atoms with Crippen LogP contribution >= 0.6 is 11.3 Å². The SMILES string of the molecule is COc1cccc(-c2c(-c3sccc3C)nn(C)c2N)c1. The largest absolute Gasteiger partial charge is 0.497 e. The zero-order valence-corrected chi connectivity index (χ0v) is 13.1. The van der Waals surface area contributed by atoms with E-state index in [9.17, 15) is 0 Å². The molecule has 0 fully saturated rings. The summed E-state index contributed by atoms with van der Waals surface area (Å²) in [4.78, 5) is 1.15. The van der Waals surface area contributed by atoms with Crippen LogP contribution in [0.3, 0.4) is 0 Å². The van der Waals surface area contributed by atoms with Crippen molar-refractivity contribution < 1.29 is 4.74 Å². The number of aromatic nitrogens is 2. The number of rotatable bonds is 3. The first-order chi connectivity index (χ1) is 10.1. The summed E-state index contributed by atoms with van der Waals surface area (Å²) in [6, 6.07) is 10.0. The van der Waals surface area contributed by atoms with Crippen LogP contribution in [-0.2, 0) is 7.05 Å². The van der Waals surface area contributed by atoms with Gasteiger partial charge in [0.2, 0.25) is 0 Å². The molecule has 0 spiro atoms. The van der Waals surface area contributed by atoms with Crippen LogP contribution in [0.15, 0.2) is 35.7 Å². The lowest BCUT2D eigenvalue weighted by Crippen LogP contribution is -1.98. The summed E-state index contributed by atoms with van der Waals surface area (Å²) >= 11 is 1.68. The average Bonchev–Trinajstić information content (AvgIpc) is 3.03. The molecule has 2 aromatic heterocycles. The fourth-order valence-corrected chi connectivity index (χ4v) is 3.29. The number of nitrogens with two attached hydrogens (primary N) is 1. The molecule has 108 valence electrons. The van der Waals surface area contributed by atoms with Crippen LogP contribution in [0.25, 0.3) is 21.7 Å². The molecule has 0 amide bonds. The van der Waals surface area contributed by atoms with Crippen LogP contribution in [-0.4, -0.2) is 16.9 Å². The number of nitrogen functional groups attached to an aromatic ring is 1. The van der Waals surface area contributed by atoms with Crippen molar-refractivity contribution in [3.63, 3.8) is 0 Å². The topological polar surface area (TPSA) is 53.1 Å². The van der Waals surface area contributed by atoms with Gasteiger partial charge in [0.25, 0.3) is 0 Å². The summed E-state index contributed by atoms with van der Waals surface area (Å²) in [6.45, 7) is 2.09. The second-order valence-corrected chi connectivity index (χ2v) is 5.81. The van der Waals surface area contributed by atoms with Crippen LogP contribution in [0, 0.1) is 6.92 Å². The fraction of sp³-hybridized carbons (Fsp3) is 0.188. The predicted octanol–water partition coefficient (Wildman–Crippen LogP) is 3.71. The van der Waals surface area contributed by atoms with Crippen molar-refractivity contribution in [1.29, 1.82) is 0 Å². The van der Waals surface area contributed by atoms with E-state index in [2.05, 4.69) is 23.5 Å². The van der Waals surface area contributed by atoms with Gasteiger partial charge in [-0.3, -0.25) is 4.68 Å². The summed E-state index contributed by atoms with van der Waals surface area (Å²) in [5.74, 6) is 1.47. The lowest BCUT2D eigenvalue weighted by Gasteiger charge is -2.06. The molecule has 1 aromatic carbocycles. The number of ether oxygens (including phenoxy) is 1. The maximum absolute atomic E-state index is 6.25. The maximum atomic E-state index is 6.25. The van der Waals surface area contributed by atoms with Crippen LogP contribution in [0.2, 0.25) is 0 Å². The standard InChI is InChI=1S/C16H17N3OS/c1-10-7-8-21-15(10)14-13(16(17)19(2)18-14)11-5-4-6-12(9-11)20-3/h4-9H,17H2,1-3H3. The number of nitrogens with zero attached hydrogens (tertiary/aromatic N) is 2. The number of hydrogen-bond acceptors (Lipinski definition) is 4. The molecule has 0 saturated carbocycles. The molecular formula is C16H17N3OS. The number of hydrogen-bond donors (Lipinski definition) is 1. The Morgan fingerprint density at radius 2 is 2.10 bits per heavy atom. The van der Waals surface area contributed by atoms with E-state index in [0.29, 0.717) is 5.82 Å². The number of anilines is 1. The van der Waals surface area contributed by atoms with Gasteiger partial charge >= 0.3 is 0 Å². The molecule has 2 N–H and O–H groups in total. The lowest BCUT2D eigenvalue weighted by molar-refractivity contribution is 0.415. The molecule has 0 aliphatic carbocycles. The minimum Gasteiger partial charge on any atom is -0.497 e. The second-order valence-electron chi connectivity index (χ2n) is 4.90. The highest BCUT2D eigenvalue weighted by atomic mass is 32.1. The Morgan fingerprint density at radius 1 is 1.29 bits per heavy atom. The average molecular weight is 299 g/mol. The third-order valence-electron chi connectivity index (χ3n) is 3.53. The van der Waals surface area contributed by atoms with Gasteiger partial charge in [0.1, 0.15) is 17.3 Å². The normalized spacial score (nSPS) is 10.8. The summed E-state index contributed by atoms with van der Waals surface area (Å²) < 4.78 is 7.04. The van der Waals surface area contributed by atoms with E-state index in [1.807, 2.05) is 31.3 Å². The predicted molar refractivity (Wildman–Crippen MR) is 87.7 cm³/mol. The van der Waals surface area contributed by atoms with Crippen molar-refractivity contribution >= 4 is 17.2 Å². The van der Waals surface area contributed by atoms with Gasteiger partial charge in [0, 0.05) is 7.05 Å². The summed E-state index contributed by atoms with van der Waals surface area (Å²) in [5, 5.41) is 6.68. The Kier molecular flexibility index (Phi) is 3.43. The highest BCUT2D eigenvalue weighted by molar-refractivity contribution is 7.13. The van der Waals surface area contributed by atoms with E-state index in [1.165, 1.54) is 5.56 Å². The summed E-state index contributed by atoms with van der Waals surface area (Å²) in [6.07, 6.45) is 0. The lowest BCUT2D eigenvalue weighted by atomic mass is 10.0. The number of methoxy groups -OCH3 is 1. The van der Waals surface area contributed by atoms with Gasteiger partial charge in [0.05, 0.1) is 17.6 Å². The third-order valence-corrected chi connectivity index (χ3v) is 4.55. The van der Waals surface area contributed by atoms with Gasteiger partial charge in [-0.25, -0.2) is 0 Å². The first-order valence-corrected chi connectivity index (χ1v) is 7.51. The smallest absolute Gasteiger partial charge is 0.129 e. The molecule has 0 atom stereocenters. The summed E-state index contributed by atoms with van der Waals surface area (Å²) in [5.41, 5.74) is 10.4. The van der Waals surface area contributed by atoms with E-state index in [1.54, 1.807) is 23.1 Å². The van der Waals surface area contributed by atoms with Crippen LogP contribution < -0.4 is 10.5 Å². The molecule has 0 saturated heterocycles. The molecule has 4 nitrogen and oxygen atoms in total. The molecule has 0 aliphatic heterocycles. The fourth-order valence-electron chi connectivity index (χ4n) is 2.37. The van der Waals surface area contributed by atoms with E-state index in [0.717, 1.165) is 27.4 Å². The van der Waals surface area contributed by atoms with Gasteiger partial charge in [-0.2, -0.15) is 5.10 Å². The zero-order valence-electron chi connectivity index (χ0n) is 12.3. The monoisotopic (exact) mass is 299 g/mol. The number of thiophene rings is 1. The van der Waals surface area contributed by atoms with E-state index < -0.39 is 0 Å². The van der Waals surface area contributed by atoms with Crippen molar-refractivity contribution in [3.8, 4) is 27.4 Å². The van der Waals surface area contributed by atoms with Crippen molar-refractivity contribution in [2.24, 2.45) is 7.05 Å². The van der Waals surface area contributed by atoms with Crippen LogP contribution in [0.4, 0.5) is 5.82 Å². The molecule has 3 rings (SSSR count). The van der Waals surface area contributed by atoms with Gasteiger partial charge in [0.15, 0.2) is 0 Å².